The summed E-state index contributed by atoms with van der Waals surface area (Å²) in [6.07, 6.45) is 2.79. The first kappa shape index (κ1) is 12.6. The first-order valence-electron chi connectivity index (χ1n) is 6.43. The molecule has 1 aliphatic heterocycles. The Morgan fingerprint density at radius 3 is 2.95 bits per heavy atom. The molecule has 3 heterocycles. The number of nitrogens with zero attached hydrogens (tertiary/aromatic N) is 7. The highest BCUT2D eigenvalue weighted by molar-refractivity contribution is 5.69. The van der Waals surface area contributed by atoms with Crippen molar-refractivity contribution >= 4 is 6.09 Å². The number of amides is 1. The van der Waals surface area contributed by atoms with Crippen molar-refractivity contribution in [2.75, 3.05) is 13.2 Å². The predicted molar refractivity (Wildman–Crippen MR) is 66.6 cm³/mol. The van der Waals surface area contributed by atoms with Crippen molar-refractivity contribution in [3.05, 3.63) is 24.3 Å². The molecule has 0 atom stereocenters. The number of aryl methyl sites for hydroxylation is 1. The lowest BCUT2D eigenvalue weighted by molar-refractivity contribution is 0.156. The molecule has 2 aromatic rings. The summed E-state index contributed by atoms with van der Waals surface area (Å²) in [4.78, 5) is 21.4. The van der Waals surface area contributed by atoms with Crippen LogP contribution in [0.25, 0.3) is 0 Å². The lowest BCUT2D eigenvalue weighted by Crippen LogP contribution is -2.25. The summed E-state index contributed by atoms with van der Waals surface area (Å²) in [6.45, 7) is 4.59. The van der Waals surface area contributed by atoms with Crippen molar-refractivity contribution in [1.82, 2.24) is 34.4 Å². The number of hydrogen-bond donors (Lipinski definition) is 0. The van der Waals surface area contributed by atoms with E-state index in [0.29, 0.717) is 38.6 Å². The first-order chi connectivity index (χ1) is 9.76. The van der Waals surface area contributed by atoms with E-state index in [1.54, 1.807) is 20.6 Å². The molecule has 0 bridgehead atoms. The lowest BCUT2D eigenvalue weighted by atomic mass is 10.5. The molecular formula is C11H15N7O2. The quantitative estimate of drug-likeness (QED) is 0.757. The van der Waals surface area contributed by atoms with Crippen LogP contribution in [-0.4, -0.2) is 53.7 Å². The van der Waals surface area contributed by atoms with E-state index in [0.717, 1.165) is 5.82 Å². The van der Waals surface area contributed by atoms with E-state index in [4.69, 9.17) is 4.74 Å². The standard InChI is InChI=1S/C11H15N7O2/c1-2-18-10(6-16-3-4-20-11(16)19)14-9(15-18)5-17-8-12-7-13-17/h7-8H,2-6H2,1H3. The lowest BCUT2D eigenvalue weighted by Gasteiger charge is -2.11. The number of carbonyl (C=O) groups excluding carboxylic acids is 1. The zero-order valence-corrected chi connectivity index (χ0v) is 11.1. The molecule has 1 fully saturated rings. The van der Waals surface area contributed by atoms with E-state index in [1.807, 2.05) is 6.92 Å². The molecule has 106 valence electrons. The van der Waals surface area contributed by atoms with Gasteiger partial charge in [0.15, 0.2) is 5.82 Å². The normalized spacial score (nSPS) is 14.8. The molecule has 0 radical (unpaired) electrons. The Morgan fingerprint density at radius 1 is 1.40 bits per heavy atom. The van der Waals surface area contributed by atoms with Gasteiger partial charge in [-0.15, -0.1) is 0 Å². The fourth-order valence-corrected chi connectivity index (χ4v) is 2.06. The van der Waals surface area contributed by atoms with Gasteiger partial charge in [0.25, 0.3) is 0 Å². The van der Waals surface area contributed by atoms with Crippen molar-refractivity contribution in [2.45, 2.75) is 26.6 Å². The van der Waals surface area contributed by atoms with Gasteiger partial charge in [-0.2, -0.15) is 10.2 Å². The smallest absolute Gasteiger partial charge is 0.410 e. The van der Waals surface area contributed by atoms with Crippen LogP contribution in [0.15, 0.2) is 12.7 Å². The summed E-state index contributed by atoms with van der Waals surface area (Å²) >= 11 is 0. The Balaban J connectivity index is 1.76. The number of carbonyl (C=O) groups is 1. The molecule has 20 heavy (non-hydrogen) atoms. The largest absolute Gasteiger partial charge is 0.448 e. The van der Waals surface area contributed by atoms with Gasteiger partial charge in [-0.1, -0.05) is 0 Å². The Morgan fingerprint density at radius 2 is 2.30 bits per heavy atom. The second-order valence-corrected chi connectivity index (χ2v) is 4.39. The monoisotopic (exact) mass is 277 g/mol. The summed E-state index contributed by atoms with van der Waals surface area (Å²) in [7, 11) is 0. The van der Waals surface area contributed by atoms with Gasteiger partial charge in [0.1, 0.15) is 31.6 Å². The highest BCUT2D eigenvalue weighted by atomic mass is 16.6. The Hall–Kier alpha value is -2.45. The Labute approximate surface area is 115 Å². The third-order valence-corrected chi connectivity index (χ3v) is 3.04. The molecule has 0 aromatic carbocycles. The minimum Gasteiger partial charge on any atom is -0.448 e. The minimum atomic E-state index is -0.298. The molecule has 0 spiro atoms. The number of aromatic nitrogens is 6. The molecule has 0 unspecified atom stereocenters. The molecule has 0 saturated carbocycles. The molecular weight excluding hydrogens is 262 g/mol. The van der Waals surface area contributed by atoms with E-state index in [-0.39, 0.29) is 6.09 Å². The average Bonchev–Trinajstić information content (AvgIpc) is 3.14. The van der Waals surface area contributed by atoms with Gasteiger partial charge in [-0.25, -0.2) is 24.1 Å². The first-order valence-corrected chi connectivity index (χ1v) is 6.43. The zero-order chi connectivity index (χ0) is 13.9. The van der Waals surface area contributed by atoms with Gasteiger partial charge < -0.3 is 4.74 Å². The molecule has 1 amide bonds. The zero-order valence-electron chi connectivity index (χ0n) is 11.1. The second-order valence-electron chi connectivity index (χ2n) is 4.39. The Kier molecular flexibility index (Phi) is 3.32. The molecule has 3 rings (SSSR count). The van der Waals surface area contributed by atoms with Crippen LogP contribution >= 0.6 is 0 Å². The van der Waals surface area contributed by atoms with Crippen LogP contribution in [-0.2, 0) is 24.4 Å². The third kappa shape index (κ3) is 2.46. The maximum absolute atomic E-state index is 11.5. The number of rotatable bonds is 5. The van der Waals surface area contributed by atoms with Gasteiger partial charge in [-0.05, 0) is 6.92 Å². The summed E-state index contributed by atoms with van der Waals surface area (Å²) in [5.74, 6) is 1.40. The Bertz CT molecular complexity index is 592. The van der Waals surface area contributed by atoms with E-state index in [1.165, 1.54) is 6.33 Å². The van der Waals surface area contributed by atoms with Gasteiger partial charge in [0.2, 0.25) is 0 Å². The molecule has 1 saturated heterocycles. The maximum atomic E-state index is 11.5. The van der Waals surface area contributed by atoms with Crippen molar-refractivity contribution in [2.24, 2.45) is 0 Å². The van der Waals surface area contributed by atoms with E-state index < -0.39 is 0 Å². The van der Waals surface area contributed by atoms with Crippen LogP contribution < -0.4 is 0 Å². The van der Waals surface area contributed by atoms with Crippen LogP contribution in [0.1, 0.15) is 18.6 Å². The van der Waals surface area contributed by atoms with E-state index >= 15 is 0 Å². The van der Waals surface area contributed by atoms with Crippen LogP contribution in [0.5, 0.6) is 0 Å². The molecule has 9 nitrogen and oxygen atoms in total. The topological polar surface area (TPSA) is 91.0 Å². The SMILES string of the molecule is CCn1nc(Cn2cncn2)nc1CN1CCOC1=O. The van der Waals surface area contributed by atoms with Gasteiger partial charge >= 0.3 is 6.09 Å². The van der Waals surface area contributed by atoms with Gasteiger partial charge in [0, 0.05) is 6.54 Å². The van der Waals surface area contributed by atoms with E-state index in [9.17, 15) is 4.79 Å². The van der Waals surface area contributed by atoms with Crippen molar-refractivity contribution in [3.63, 3.8) is 0 Å². The van der Waals surface area contributed by atoms with E-state index in [2.05, 4.69) is 20.2 Å². The van der Waals surface area contributed by atoms with Gasteiger partial charge in [-0.3, -0.25) is 4.90 Å². The fourth-order valence-electron chi connectivity index (χ4n) is 2.06. The molecule has 0 aliphatic carbocycles. The molecule has 0 N–H and O–H groups in total. The van der Waals surface area contributed by atoms with Crippen molar-refractivity contribution < 1.29 is 9.53 Å². The average molecular weight is 277 g/mol. The molecule has 2 aromatic heterocycles. The van der Waals surface area contributed by atoms with Crippen molar-refractivity contribution in [1.29, 1.82) is 0 Å². The van der Waals surface area contributed by atoms with Crippen molar-refractivity contribution in [3.8, 4) is 0 Å². The predicted octanol–water partition coefficient (Wildman–Crippen LogP) is -0.110. The maximum Gasteiger partial charge on any atom is 0.410 e. The highest BCUT2D eigenvalue weighted by Gasteiger charge is 2.24. The molecule has 9 heteroatoms. The van der Waals surface area contributed by atoms with Crippen LogP contribution in [0.4, 0.5) is 4.79 Å². The number of hydrogen-bond acceptors (Lipinski definition) is 6. The fraction of sp³-hybridized carbons (Fsp3) is 0.545. The summed E-state index contributed by atoms with van der Waals surface area (Å²) < 4.78 is 8.36. The third-order valence-electron chi connectivity index (χ3n) is 3.04. The summed E-state index contributed by atoms with van der Waals surface area (Å²) in [5.41, 5.74) is 0. The number of ether oxygens (including phenoxy) is 1. The molecule has 1 aliphatic rings. The second kappa shape index (κ2) is 5.27. The van der Waals surface area contributed by atoms with Crippen LogP contribution in [0.2, 0.25) is 0 Å². The number of cyclic esters (lactones) is 1. The summed E-state index contributed by atoms with van der Waals surface area (Å²) in [5, 5.41) is 8.43. The van der Waals surface area contributed by atoms with Crippen LogP contribution in [0, 0.1) is 0 Å². The summed E-state index contributed by atoms with van der Waals surface area (Å²) in [6, 6.07) is 0. The van der Waals surface area contributed by atoms with Gasteiger partial charge in [0.05, 0.1) is 13.1 Å². The highest BCUT2D eigenvalue weighted by Crippen LogP contribution is 2.10. The minimum absolute atomic E-state index is 0.298. The van der Waals surface area contributed by atoms with Crippen LogP contribution in [0.3, 0.4) is 0 Å².